The maximum Gasteiger partial charge on any atom is 0.208 e. The normalized spacial score (nSPS) is 11.3. The lowest BCUT2D eigenvalue weighted by molar-refractivity contribution is 0.447. The van der Waals surface area contributed by atoms with Crippen LogP contribution in [0.2, 0.25) is 0 Å². The quantitative estimate of drug-likeness (QED) is 0.791. The first-order chi connectivity index (χ1) is 9.65. The molecule has 0 aliphatic rings. The third kappa shape index (κ3) is 2.32. The molecule has 0 saturated carbocycles. The summed E-state index contributed by atoms with van der Waals surface area (Å²) in [6, 6.07) is 8.24. The van der Waals surface area contributed by atoms with Crippen LogP contribution in [-0.2, 0) is 20.1 Å². The number of nitrogens with zero attached hydrogens (tertiary/aromatic N) is 3. The Morgan fingerprint density at radius 2 is 2.00 bits per heavy atom. The van der Waals surface area contributed by atoms with Gasteiger partial charge in [0.15, 0.2) is 0 Å². The van der Waals surface area contributed by atoms with Crippen molar-refractivity contribution in [1.82, 2.24) is 20.1 Å². The van der Waals surface area contributed by atoms with E-state index in [1.807, 2.05) is 37.7 Å². The molecule has 3 rings (SSSR count). The zero-order valence-electron chi connectivity index (χ0n) is 12.0. The number of hydrogen-bond donors (Lipinski definition) is 1. The van der Waals surface area contributed by atoms with Crippen LogP contribution in [0.1, 0.15) is 23.0 Å². The van der Waals surface area contributed by atoms with Crippen LogP contribution in [0, 0.1) is 13.8 Å². The summed E-state index contributed by atoms with van der Waals surface area (Å²) in [5, 5.41) is 9.06. The second-order valence-electron chi connectivity index (χ2n) is 4.94. The summed E-state index contributed by atoms with van der Waals surface area (Å²) in [7, 11) is 1.96. The van der Waals surface area contributed by atoms with Gasteiger partial charge in [-0.15, -0.1) is 0 Å². The van der Waals surface area contributed by atoms with Gasteiger partial charge in [0, 0.05) is 19.0 Å². The van der Waals surface area contributed by atoms with Crippen LogP contribution in [0.4, 0.5) is 0 Å². The zero-order valence-corrected chi connectivity index (χ0v) is 12.0. The van der Waals surface area contributed by atoms with Gasteiger partial charge in [0.05, 0.1) is 23.4 Å². The Labute approximate surface area is 117 Å². The van der Waals surface area contributed by atoms with Crippen molar-refractivity contribution >= 4 is 10.9 Å². The third-order valence-electron chi connectivity index (χ3n) is 3.48. The molecule has 1 aromatic carbocycles. The number of aromatic nitrogens is 3. The molecule has 0 bridgehead atoms. The van der Waals surface area contributed by atoms with Crippen molar-refractivity contribution in [3.8, 4) is 0 Å². The smallest absolute Gasteiger partial charge is 0.208 e. The molecule has 1 N–H and O–H groups in total. The van der Waals surface area contributed by atoms with Gasteiger partial charge < -0.3 is 9.73 Å². The number of nitrogens with one attached hydrogen (secondary N) is 1. The Morgan fingerprint density at radius 1 is 1.20 bits per heavy atom. The molecule has 0 fully saturated rings. The molecule has 0 unspecified atom stereocenters. The molecule has 20 heavy (non-hydrogen) atoms. The highest BCUT2D eigenvalue weighted by Crippen LogP contribution is 2.17. The van der Waals surface area contributed by atoms with Gasteiger partial charge in [0.1, 0.15) is 5.76 Å². The average molecular weight is 270 g/mol. The fraction of sp³-hybridized carbons (Fsp3) is 0.333. The number of rotatable bonds is 4. The first-order valence-corrected chi connectivity index (χ1v) is 6.69. The van der Waals surface area contributed by atoms with Crippen molar-refractivity contribution in [1.29, 1.82) is 0 Å². The molecular formula is C15H18N4O. The van der Waals surface area contributed by atoms with Gasteiger partial charge in [0.2, 0.25) is 5.89 Å². The molecule has 104 valence electrons. The van der Waals surface area contributed by atoms with Crippen LogP contribution >= 0.6 is 0 Å². The van der Waals surface area contributed by atoms with Gasteiger partial charge >= 0.3 is 0 Å². The van der Waals surface area contributed by atoms with Crippen molar-refractivity contribution in [3.05, 3.63) is 47.3 Å². The summed E-state index contributed by atoms with van der Waals surface area (Å²) in [4.78, 5) is 4.35. The lowest BCUT2D eigenvalue weighted by Gasteiger charge is -1.99. The van der Waals surface area contributed by atoms with Gasteiger partial charge in [-0.3, -0.25) is 4.68 Å². The van der Waals surface area contributed by atoms with Crippen LogP contribution in [0.5, 0.6) is 0 Å². The Hall–Kier alpha value is -2.14. The highest BCUT2D eigenvalue weighted by molar-refractivity contribution is 5.81. The van der Waals surface area contributed by atoms with E-state index in [0.29, 0.717) is 13.1 Å². The molecule has 0 saturated heterocycles. The van der Waals surface area contributed by atoms with E-state index >= 15 is 0 Å². The molecule has 3 aromatic rings. The van der Waals surface area contributed by atoms with Crippen LogP contribution in [0.3, 0.4) is 0 Å². The van der Waals surface area contributed by atoms with E-state index < -0.39 is 0 Å². The van der Waals surface area contributed by atoms with E-state index in [2.05, 4.69) is 27.5 Å². The van der Waals surface area contributed by atoms with E-state index in [9.17, 15) is 0 Å². The van der Waals surface area contributed by atoms with Gasteiger partial charge in [-0.05, 0) is 19.9 Å². The van der Waals surface area contributed by atoms with Crippen LogP contribution < -0.4 is 5.32 Å². The number of fused-ring (bicyclic) bond motifs is 1. The monoisotopic (exact) mass is 270 g/mol. The summed E-state index contributed by atoms with van der Waals surface area (Å²) in [5.74, 6) is 1.60. The third-order valence-corrected chi connectivity index (χ3v) is 3.48. The predicted molar refractivity (Wildman–Crippen MR) is 77.2 cm³/mol. The van der Waals surface area contributed by atoms with Crippen LogP contribution in [-0.4, -0.2) is 14.8 Å². The Bertz CT molecular complexity index is 722. The van der Waals surface area contributed by atoms with Gasteiger partial charge in [-0.2, -0.15) is 5.10 Å². The first kappa shape index (κ1) is 12.9. The van der Waals surface area contributed by atoms with Gasteiger partial charge in [0.25, 0.3) is 0 Å². The number of oxazole rings is 1. The second kappa shape index (κ2) is 5.09. The fourth-order valence-electron chi connectivity index (χ4n) is 2.32. The van der Waals surface area contributed by atoms with Crippen molar-refractivity contribution in [2.24, 2.45) is 7.05 Å². The number of aryl methyl sites for hydroxylation is 3. The molecule has 0 radical (unpaired) electrons. The molecule has 0 aliphatic heterocycles. The summed E-state index contributed by atoms with van der Waals surface area (Å²) in [5.41, 5.74) is 3.14. The highest BCUT2D eigenvalue weighted by Gasteiger charge is 2.09. The fourth-order valence-corrected chi connectivity index (χ4v) is 2.32. The van der Waals surface area contributed by atoms with E-state index in [1.54, 1.807) is 0 Å². The highest BCUT2D eigenvalue weighted by atomic mass is 16.4. The maximum absolute atomic E-state index is 5.55. The number of para-hydroxylation sites is 1. The Balaban J connectivity index is 1.71. The summed E-state index contributed by atoms with van der Waals surface area (Å²) < 4.78 is 7.45. The Morgan fingerprint density at radius 3 is 2.75 bits per heavy atom. The van der Waals surface area contributed by atoms with Crippen molar-refractivity contribution in [2.45, 2.75) is 26.9 Å². The van der Waals surface area contributed by atoms with Crippen LogP contribution in [0.15, 0.2) is 28.7 Å². The molecule has 0 amide bonds. The summed E-state index contributed by atoms with van der Waals surface area (Å²) in [6.45, 7) is 5.19. The minimum atomic E-state index is 0.611. The molecular weight excluding hydrogens is 252 g/mol. The van der Waals surface area contributed by atoms with Crippen molar-refractivity contribution in [2.75, 3.05) is 0 Å². The second-order valence-corrected chi connectivity index (χ2v) is 4.94. The standard InChI is InChI=1S/C15H18N4O/c1-10-11(2)20-15(17-10)9-16-8-13-12-6-4-5-7-14(12)19(3)18-13/h4-7,16H,8-9H2,1-3H3. The van der Waals surface area contributed by atoms with Crippen molar-refractivity contribution in [3.63, 3.8) is 0 Å². The molecule has 2 heterocycles. The lowest BCUT2D eigenvalue weighted by Crippen LogP contribution is -2.13. The number of benzene rings is 1. The minimum absolute atomic E-state index is 0.611. The topological polar surface area (TPSA) is 55.9 Å². The molecule has 5 nitrogen and oxygen atoms in total. The molecule has 5 heteroatoms. The predicted octanol–water partition coefficient (Wildman–Crippen LogP) is 2.47. The molecule has 0 atom stereocenters. The van der Waals surface area contributed by atoms with Gasteiger partial charge in [-0.25, -0.2) is 4.98 Å². The molecule has 0 spiro atoms. The summed E-state index contributed by atoms with van der Waals surface area (Å²) in [6.07, 6.45) is 0. The average Bonchev–Trinajstić information content (AvgIpc) is 2.92. The van der Waals surface area contributed by atoms with Crippen molar-refractivity contribution < 1.29 is 4.42 Å². The lowest BCUT2D eigenvalue weighted by atomic mass is 10.2. The largest absolute Gasteiger partial charge is 0.444 e. The molecule has 0 aliphatic carbocycles. The minimum Gasteiger partial charge on any atom is -0.444 e. The molecule has 2 aromatic heterocycles. The van der Waals surface area contributed by atoms with Gasteiger partial charge in [-0.1, -0.05) is 18.2 Å². The zero-order chi connectivity index (χ0) is 14.1. The Kier molecular flexibility index (Phi) is 3.28. The van der Waals surface area contributed by atoms with E-state index in [-0.39, 0.29) is 0 Å². The van der Waals surface area contributed by atoms with E-state index in [4.69, 9.17) is 4.42 Å². The van der Waals surface area contributed by atoms with E-state index in [0.717, 1.165) is 28.6 Å². The summed E-state index contributed by atoms with van der Waals surface area (Å²) >= 11 is 0. The van der Waals surface area contributed by atoms with E-state index in [1.165, 1.54) is 5.39 Å². The van der Waals surface area contributed by atoms with Crippen LogP contribution in [0.25, 0.3) is 10.9 Å². The maximum atomic E-state index is 5.55. The SMILES string of the molecule is Cc1nc(CNCc2nn(C)c3ccccc23)oc1C. The first-order valence-electron chi connectivity index (χ1n) is 6.69. The number of hydrogen-bond acceptors (Lipinski definition) is 4.